The Bertz CT molecular complexity index is 459. The van der Waals surface area contributed by atoms with Gasteiger partial charge in [0, 0.05) is 13.0 Å². The van der Waals surface area contributed by atoms with Crippen LogP contribution in [-0.4, -0.2) is 36.8 Å². The van der Waals surface area contributed by atoms with E-state index in [4.69, 9.17) is 4.74 Å². The maximum Gasteiger partial charge on any atom is 0.225 e. The number of rotatable bonds is 9. The molecule has 0 saturated carbocycles. The second-order valence-corrected chi connectivity index (χ2v) is 6.18. The topological polar surface area (TPSA) is 46.6 Å². The van der Waals surface area contributed by atoms with E-state index < -0.39 is 6.04 Å². The van der Waals surface area contributed by atoms with Crippen LogP contribution < -0.4 is 0 Å². The number of aldehydes is 1. The molecule has 22 heavy (non-hydrogen) atoms. The summed E-state index contributed by atoms with van der Waals surface area (Å²) in [6, 6.07) is 9.23. The highest BCUT2D eigenvalue weighted by atomic mass is 16.5. The molecule has 0 saturated heterocycles. The molecule has 0 fully saturated rings. The third-order valence-electron chi connectivity index (χ3n) is 3.65. The minimum absolute atomic E-state index is 0.00545. The smallest absolute Gasteiger partial charge is 0.225 e. The van der Waals surface area contributed by atoms with Crippen molar-refractivity contribution in [2.24, 2.45) is 11.8 Å². The second kappa shape index (κ2) is 9.36. The van der Waals surface area contributed by atoms with Crippen molar-refractivity contribution >= 4 is 12.2 Å². The normalized spacial score (nSPS) is 13.7. The van der Waals surface area contributed by atoms with Gasteiger partial charge in [0.2, 0.25) is 5.91 Å². The van der Waals surface area contributed by atoms with Crippen molar-refractivity contribution in [3.8, 4) is 0 Å². The predicted octanol–water partition coefficient (Wildman–Crippen LogP) is 2.91. The Morgan fingerprint density at radius 2 is 1.86 bits per heavy atom. The first-order valence-corrected chi connectivity index (χ1v) is 7.79. The molecule has 0 aliphatic carbocycles. The Kier molecular flexibility index (Phi) is 7.82. The largest absolute Gasteiger partial charge is 0.374 e. The van der Waals surface area contributed by atoms with E-state index in [1.807, 2.05) is 37.3 Å². The number of ether oxygens (including phenoxy) is 1. The van der Waals surface area contributed by atoms with Crippen LogP contribution in [0.1, 0.15) is 32.8 Å². The molecule has 1 rings (SSSR count). The summed E-state index contributed by atoms with van der Waals surface area (Å²) in [5, 5.41) is 0. The highest BCUT2D eigenvalue weighted by Gasteiger charge is 2.24. The minimum Gasteiger partial charge on any atom is -0.374 e. The van der Waals surface area contributed by atoms with E-state index in [1.165, 1.54) is 4.90 Å². The van der Waals surface area contributed by atoms with Crippen molar-refractivity contribution in [1.29, 1.82) is 0 Å². The van der Waals surface area contributed by atoms with Crippen LogP contribution in [0.4, 0.5) is 0 Å². The van der Waals surface area contributed by atoms with E-state index in [0.717, 1.165) is 18.3 Å². The van der Waals surface area contributed by atoms with Crippen molar-refractivity contribution in [2.75, 3.05) is 13.7 Å². The molecular weight excluding hydrogens is 278 g/mol. The molecule has 1 aromatic carbocycles. The van der Waals surface area contributed by atoms with E-state index in [-0.39, 0.29) is 18.4 Å². The van der Waals surface area contributed by atoms with E-state index >= 15 is 0 Å². The molecule has 0 aliphatic heterocycles. The zero-order valence-electron chi connectivity index (χ0n) is 14.0. The number of amides is 1. The molecule has 0 aliphatic rings. The number of carbonyl (C=O) groups is 2. The van der Waals surface area contributed by atoms with Gasteiger partial charge in [0.15, 0.2) is 0 Å². The fraction of sp³-hybridized carbons (Fsp3) is 0.556. The maximum atomic E-state index is 12.3. The summed E-state index contributed by atoms with van der Waals surface area (Å²) in [5.74, 6) is 0.368. The molecule has 4 nitrogen and oxygen atoms in total. The first-order chi connectivity index (χ1) is 10.5. The lowest BCUT2D eigenvalue weighted by molar-refractivity contribution is -0.140. The Morgan fingerprint density at radius 1 is 1.23 bits per heavy atom. The van der Waals surface area contributed by atoms with Crippen molar-refractivity contribution in [1.82, 2.24) is 4.90 Å². The Morgan fingerprint density at radius 3 is 2.41 bits per heavy atom. The number of carbonyl (C=O) groups excluding carboxylic acids is 2. The average Bonchev–Trinajstić information content (AvgIpc) is 2.50. The van der Waals surface area contributed by atoms with Gasteiger partial charge in [-0.1, -0.05) is 51.1 Å². The molecule has 0 N–H and O–H groups in total. The molecule has 0 heterocycles. The first-order valence-electron chi connectivity index (χ1n) is 7.79. The lowest BCUT2D eigenvalue weighted by atomic mass is 9.97. The Labute approximate surface area is 133 Å². The fourth-order valence-electron chi connectivity index (χ4n) is 2.43. The fourth-order valence-corrected chi connectivity index (χ4v) is 2.43. The molecule has 2 atom stereocenters. The highest BCUT2D eigenvalue weighted by Crippen LogP contribution is 2.14. The maximum absolute atomic E-state index is 12.3. The van der Waals surface area contributed by atoms with Crippen molar-refractivity contribution in [2.45, 2.75) is 39.8 Å². The van der Waals surface area contributed by atoms with Gasteiger partial charge in [0.25, 0.3) is 0 Å². The minimum atomic E-state index is -0.536. The summed E-state index contributed by atoms with van der Waals surface area (Å²) in [4.78, 5) is 25.1. The second-order valence-electron chi connectivity index (χ2n) is 6.18. The summed E-state index contributed by atoms with van der Waals surface area (Å²) in [6.07, 6.45) is 1.60. The standard InChI is InChI=1S/C18H27NO3/c1-14(2)10-15(3)18(21)19(4)17(11-20)13-22-12-16-8-6-5-7-9-16/h5-9,11,14-15,17H,10,12-13H2,1-4H3/t15?,17-/m0/s1. The first kappa shape index (κ1) is 18.4. The van der Waals surface area contributed by atoms with Gasteiger partial charge in [-0.15, -0.1) is 0 Å². The van der Waals surface area contributed by atoms with Crippen LogP contribution in [0.2, 0.25) is 0 Å². The van der Waals surface area contributed by atoms with Crippen molar-refractivity contribution in [3.63, 3.8) is 0 Å². The summed E-state index contributed by atoms with van der Waals surface area (Å²) in [5.41, 5.74) is 1.05. The molecule has 0 spiro atoms. The molecule has 1 aromatic rings. The molecule has 122 valence electrons. The van der Waals surface area contributed by atoms with Crippen LogP contribution in [-0.2, 0) is 20.9 Å². The Hall–Kier alpha value is -1.68. The molecule has 1 amide bonds. The van der Waals surface area contributed by atoms with Gasteiger partial charge < -0.3 is 14.4 Å². The van der Waals surface area contributed by atoms with Crippen LogP contribution in [0.5, 0.6) is 0 Å². The van der Waals surface area contributed by atoms with Crippen LogP contribution in [0, 0.1) is 11.8 Å². The predicted molar refractivity (Wildman–Crippen MR) is 87.3 cm³/mol. The van der Waals surface area contributed by atoms with Gasteiger partial charge in [-0.25, -0.2) is 0 Å². The van der Waals surface area contributed by atoms with Crippen LogP contribution >= 0.6 is 0 Å². The van der Waals surface area contributed by atoms with Gasteiger partial charge in [-0.2, -0.15) is 0 Å². The van der Waals surface area contributed by atoms with Gasteiger partial charge >= 0.3 is 0 Å². The molecule has 1 unspecified atom stereocenters. The van der Waals surface area contributed by atoms with Crippen molar-refractivity contribution in [3.05, 3.63) is 35.9 Å². The summed E-state index contributed by atoms with van der Waals surface area (Å²) in [6.45, 7) is 6.74. The van der Waals surface area contributed by atoms with E-state index in [1.54, 1.807) is 7.05 Å². The van der Waals surface area contributed by atoms with E-state index in [9.17, 15) is 9.59 Å². The van der Waals surface area contributed by atoms with Crippen molar-refractivity contribution < 1.29 is 14.3 Å². The van der Waals surface area contributed by atoms with E-state index in [2.05, 4.69) is 13.8 Å². The zero-order chi connectivity index (χ0) is 16.5. The average molecular weight is 305 g/mol. The van der Waals surface area contributed by atoms with Crippen LogP contribution in [0.15, 0.2) is 30.3 Å². The quantitative estimate of drug-likeness (QED) is 0.659. The number of hydrogen-bond donors (Lipinski definition) is 0. The zero-order valence-corrected chi connectivity index (χ0v) is 14.0. The molecule has 0 radical (unpaired) electrons. The van der Waals surface area contributed by atoms with Gasteiger partial charge in [0.05, 0.1) is 13.2 Å². The summed E-state index contributed by atoms with van der Waals surface area (Å²) < 4.78 is 5.58. The lowest BCUT2D eigenvalue weighted by Gasteiger charge is -2.27. The molecule has 0 aromatic heterocycles. The lowest BCUT2D eigenvalue weighted by Crippen LogP contribution is -2.43. The van der Waals surface area contributed by atoms with Gasteiger partial charge in [-0.05, 0) is 17.9 Å². The molecular formula is C18H27NO3. The van der Waals surface area contributed by atoms with Gasteiger partial charge in [0.1, 0.15) is 12.3 Å². The van der Waals surface area contributed by atoms with Gasteiger partial charge in [-0.3, -0.25) is 4.79 Å². The monoisotopic (exact) mass is 305 g/mol. The number of benzene rings is 1. The molecule has 0 bridgehead atoms. The third-order valence-corrected chi connectivity index (χ3v) is 3.65. The number of hydrogen-bond acceptors (Lipinski definition) is 3. The summed E-state index contributed by atoms with van der Waals surface area (Å²) in [7, 11) is 1.67. The number of nitrogens with zero attached hydrogens (tertiary/aromatic N) is 1. The highest BCUT2D eigenvalue weighted by molar-refractivity contribution is 5.81. The van der Waals surface area contributed by atoms with E-state index in [0.29, 0.717) is 12.5 Å². The van der Waals surface area contributed by atoms with Crippen LogP contribution in [0.3, 0.4) is 0 Å². The SMILES string of the molecule is CC(C)CC(C)C(=O)N(C)[C@@H](C=O)COCc1ccccc1. The van der Waals surface area contributed by atoms with Crippen LogP contribution in [0.25, 0.3) is 0 Å². The summed E-state index contributed by atoms with van der Waals surface area (Å²) >= 11 is 0. The molecule has 4 heteroatoms. The number of likely N-dealkylation sites (N-methyl/N-ethyl adjacent to an activating group) is 1. The Balaban J connectivity index is 2.48. The third kappa shape index (κ3) is 5.98.